The van der Waals surface area contributed by atoms with Gasteiger partial charge in [0, 0.05) is 5.92 Å². The lowest BCUT2D eigenvalue weighted by Gasteiger charge is -2.24. The second kappa shape index (κ2) is 6.45. The van der Waals surface area contributed by atoms with Crippen LogP contribution in [0, 0.1) is 5.92 Å². The first-order valence-electron chi connectivity index (χ1n) is 6.08. The van der Waals surface area contributed by atoms with E-state index < -0.39 is 0 Å². The number of benzene rings is 1. The zero-order valence-corrected chi connectivity index (χ0v) is 10.9. The molecule has 1 aromatic carbocycles. The molecule has 2 unspecified atom stereocenters. The van der Waals surface area contributed by atoms with Gasteiger partial charge in [0.25, 0.3) is 0 Å². The van der Waals surface area contributed by atoms with E-state index in [-0.39, 0.29) is 12.0 Å². The first kappa shape index (κ1) is 13.8. The van der Waals surface area contributed by atoms with Crippen LogP contribution in [-0.2, 0) is 0 Å². The van der Waals surface area contributed by atoms with Crippen LogP contribution in [0.5, 0.6) is 5.75 Å². The van der Waals surface area contributed by atoms with Crippen molar-refractivity contribution in [3.05, 3.63) is 42.5 Å². The van der Waals surface area contributed by atoms with Crippen LogP contribution in [0.4, 0.5) is 0 Å². The molecule has 2 nitrogen and oxygen atoms in total. The number of aliphatic hydroxyl groups excluding tert-OH is 1. The number of aliphatic hydroxyl groups is 1. The van der Waals surface area contributed by atoms with E-state index in [0.29, 0.717) is 12.5 Å². The van der Waals surface area contributed by atoms with Gasteiger partial charge in [-0.3, -0.25) is 0 Å². The molecule has 0 radical (unpaired) electrons. The van der Waals surface area contributed by atoms with Crippen LogP contribution in [0.2, 0.25) is 0 Å². The molecule has 1 rings (SSSR count). The first-order valence-corrected chi connectivity index (χ1v) is 6.08. The quantitative estimate of drug-likeness (QED) is 0.765. The summed E-state index contributed by atoms with van der Waals surface area (Å²) in [5.74, 6) is 1.36. The van der Waals surface area contributed by atoms with Crippen molar-refractivity contribution in [1.29, 1.82) is 0 Å². The zero-order valence-electron chi connectivity index (χ0n) is 10.9. The van der Waals surface area contributed by atoms with Crippen molar-refractivity contribution in [2.45, 2.75) is 32.8 Å². The fourth-order valence-corrected chi connectivity index (χ4v) is 2.19. The van der Waals surface area contributed by atoms with E-state index in [9.17, 15) is 5.11 Å². The Morgan fingerprint density at radius 1 is 1.35 bits per heavy atom. The van der Waals surface area contributed by atoms with Crippen molar-refractivity contribution in [2.75, 3.05) is 6.61 Å². The Morgan fingerprint density at radius 3 is 2.59 bits per heavy atom. The summed E-state index contributed by atoms with van der Waals surface area (Å²) in [6.07, 6.45) is 1.37. The highest BCUT2D eigenvalue weighted by Gasteiger charge is 2.21. The second-order valence-corrected chi connectivity index (χ2v) is 4.68. The maximum Gasteiger partial charge on any atom is 0.120 e. The summed E-state index contributed by atoms with van der Waals surface area (Å²) in [6.45, 7) is 10.2. The van der Waals surface area contributed by atoms with Gasteiger partial charge in [-0.2, -0.15) is 0 Å². The molecule has 0 spiro atoms. The summed E-state index contributed by atoms with van der Waals surface area (Å²) in [7, 11) is 0. The minimum atomic E-state index is -0.357. The lowest BCUT2D eigenvalue weighted by Crippen LogP contribution is -2.20. The van der Waals surface area contributed by atoms with Gasteiger partial charge in [0.1, 0.15) is 12.4 Å². The Morgan fingerprint density at radius 2 is 2.06 bits per heavy atom. The molecule has 0 bridgehead atoms. The summed E-state index contributed by atoms with van der Waals surface area (Å²) >= 11 is 0. The Bertz CT molecular complexity index is 348. The van der Waals surface area contributed by atoms with Crippen LogP contribution in [0.1, 0.15) is 32.3 Å². The third kappa shape index (κ3) is 3.90. The van der Waals surface area contributed by atoms with Crippen molar-refractivity contribution >= 4 is 0 Å². The predicted octanol–water partition coefficient (Wildman–Crippen LogP) is 3.37. The molecule has 1 N–H and O–H groups in total. The van der Waals surface area contributed by atoms with Crippen LogP contribution in [0.15, 0.2) is 36.9 Å². The molecule has 2 atom stereocenters. The monoisotopic (exact) mass is 234 g/mol. The maximum atomic E-state index is 9.85. The Labute approximate surface area is 104 Å². The van der Waals surface area contributed by atoms with Crippen LogP contribution in [-0.4, -0.2) is 17.8 Å². The number of rotatable bonds is 6. The molecule has 0 aromatic heterocycles. The molecule has 0 aliphatic heterocycles. The van der Waals surface area contributed by atoms with Gasteiger partial charge in [-0.05, 0) is 30.5 Å². The predicted molar refractivity (Wildman–Crippen MR) is 71.4 cm³/mol. The largest absolute Gasteiger partial charge is 0.490 e. The van der Waals surface area contributed by atoms with E-state index in [0.717, 1.165) is 11.3 Å². The zero-order chi connectivity index (χ0) is 12.8. The summed E-state index contributed by atoms with van der Waals surface area (Å²) in [5.41, 5.74) is 1.12. The molecule has 0 heterocycles. The normalized spacial score (nSPS) is 14.4. The van der Waals surface area contributed by atoms with E-state index in [2.05, 4.69) is 20.4 Å². The molecule has 0 amide bonds. The highest BCUT2D eigenvalue weighted by atomic mass is 16.5. The van der Waals surface area contributed by atoms with Crippen LogP contribution in [0.3, 0.4) is 0 Å². The third-order valence-corrected chi connectivity index (χ3v) is 2.85. The standard InChI is InChI=1S/C15H22O2/c1-5-9-17-14-8-6-7-13(10-14)15(11(2)3)12(4)16/h5-8,10-12,15-16H,1,9H2,2-4H3. The van der Waals surface area contributed by atoms with Gasteiger partial charge in [0.05, 0.1) is 6.10 Å². The summed E-state index contributed by atoms with van der Waals surface area (Å²) < 4.78 is 5.51. The lowest BCUT2D eigenvalue weighted by atomic mass is 9.84. The molecule has 0 aliphatic rings. The van der Waals surface area contributed by atoms with Crippen LogP contribution >= 0.6 is 0 Å². The molecule has 0 fully saturated rings. The summed E-state index contributed by atoms with van der Waals surface area (Å²) in [5, 5.41) is 9.85. The average molecular weight is 234 g/mol. The molecular weight excluding hydrogens is 212 g/mol. The number of hydrogen-bond acceptors (Lipinski definition) is 2. The van der Waals surface area contributed by atoms with Gasteiger partial charge >= 0.3 is 0 Å². The minimum Gasteiger partial charge on any atom is -0.490 e. The molecule has 0 saturated heterocycles. The van der Waals surface area contributed by atoms with Crippen molar-refractivity contribution in [3.63, 3.8) is 0 Å². The van der Waals surface area contributed by atoms with Crippen molar-refractivity contribution in [2.24, 2.45) is 5.92 Å². The summed E-state index contributed by atoms with van der Waals surface area (Å²) in [4.78, 5) is 0. The average Bonchev–Trinajstić information content (AvgIpc) is 2.26. The molecule has 2 heteroatoms. The van der Waals surface area contributed by atoms with E-state index in [1.165, 1.54) is 0 Å². The van der Waals surface area contributed by atoms with E-state index in [1.807, 2.05) is 31.2 Å². The molecule has 0 saturated carbocycles. The Kier molecular flexibility index (Phi) is 5.23. The van der Waals surface area contributed by atoms with Crippen molar-refractivity contribution < 1.29 is 9.84 Å². The molecular formula is C15H22O2. The van der Waals surface area contributed by atoms with Gasteiger partial charge < -0.3 is 9.84 Å². The highest BCUT2D eigenvalue weighted by molar-refractivity contribution is 5.31. The van der Waals surface area contributed by atoms with Gasteiger partial charge in [-0.1, -0.05) is 38.6 Å². The van der Waals surface area contributed by atoms with Gasteiger partial charge in [0.2, 0.25) is 0 Å². The first-order chi connectivity index (χ1) is 8.06. The van der Waals surface area contributed by atoms with Gasteiger partial charge in [-0.15, -0.1) is 0 Å². The Hall–Kier alpha value is -1.28. The summed E-state index contributed by atoms with van der Waals surface area (Å²) in [6, 6.07) is 7.93. The molecule has 17 heavy (non-hydrogen) atoms. The molecule has 1 aromatic rings. The smallest absolute Gasteiger partial charge is 0.120 e. The topological polar surface area (TPSA) is 29.5 Å². The number of ether oxygens (including phenoxy) is 1. The van der Waals surface area contributed by atoms with Crippen LogP contribution < -0.4 is 4.74 Å². The second-order valence-electron chi connectivity index (χ2n) is 4.68. The fourth-order valence-electron chi connectivity index (χ4n) is 2.19. The van der Waals surface area contributed by atoms with Gasteiger partial charge in [0.15, 0.2) is 0 Å². The number of hydrogen-bond donors (Lipinski definition) is 1. The molecule has 0 aliphatic carbocycles. The SMILES string of the molecule is C=CCOc1cccc(C(C(C)C)C(C)O)c1. The van der Waals surface area contributed by atoms with Crippen LogP contribution in [0.25, 0.3) is 0 Å². The molecule has 94 valence electrons. The van der Waals surface area contributed by atoms with Crippen molar-refractivity contribution in [1.82, 2.24) is 0 Å². The van der Waals surface area contributed by atoms with E-state index in [1.54, 1.807) is 6.08 Å². The Balaban J connectivity index is 2.91. The van der Waals surface area contributed by atoms with Crippen molar-refractivity contribution in [3.8, 4) is 5.75 Å². The third-order valence-electron chi connectivity index (χ3n) is 2.85. The maximum absolute atomic E-state index is 9.85. The lowest BCUT2D eigenvalue weighted by molar-refractivity contribution is 0.140. The fraction of sp³-hybridized carbons (Fsp3) is 0.467. The van der Waals surface area contributed by atoms with Gasteiger partial charge in [-0.25, -0.2) is 0 Å². The van der Waals surface area contributed by atoms with E-state index in [4.69, 9.17) is 4.74 Å². The minimum absolute atomic E-state index is 0.141. The van der Waals surface area contributed by atoms with E-state index >= 15 is 0 Å². The highest BCUT2D eigenvalue weighted by Crippen LogP contribution is 2.30.